The molecule has 2 aliphatic heterocycles. The van der Waals surface area contributed by atoms with Crippen LogP contribution in [0.2, 0.25) is 0 Å². The van der Waals surface area contributed by atoms with E-state index in [1.165, 1.54) is 60.7 Å². The predicted octanol–water partition coefficient (Wildman–Crippen LogP) is 5.03. The maximum atomic E-state index is 13.7. The smallest absolute Gasteiger partial charge is 0.333 e. The van der Waals surface area contributed by atoms with Crippen molar-refractivity contribution < 1.29 is 43.2 Å². The van der Waals surface area contributed by atoms with Gasteiger partial charge in [0.2, 0.25) is 5.91 Å². The molecule has 2 saturated heterocycles. The number of halogens is 2. The second-order valence-electron chi connectivity index (χ2n) is 10.2. The molecule has 5 rings (SSSR count). The molecule has 3 aromatic carbocycles. The summed E-state index contributed by atoms with van der Waals surface area (Å²) >= 11 is 0. The number of aliphatic hydroxyl groups excluding tert-OH is 1. The molecular weight excluding hydrogens is 536 g/mol. The van der Waals surface area contributed by atoms with Crippen molar-refractivity contribution in [3.05, 3.63) is 108 Å². The van der Waals surface area contributed by atoms with Crippen molar-refractivity contribution in [1.29, 1.82) is 0 Å². The Morgan fingerprint density at radius 2 is 1.63 bits per heavy atom. The number of carboxylic acid groups (broad SMARTS) is 1. The van der Waals surface area contributed by atoms with Gasteiger partial charge in [-0.3, -0.25) is 4.79 Å². The number of hydrogen-bond acceptors (Lipinski definition) is 6. The lowest BCUT2D eigenvalue weighted by molar-refractivity contribution is -0.213. The van der Waals surface area contributed by atoms with Crippen molar-refractivity contribution in [2.45, 2.75) is 49.9 Å². The Kier molecular flexibility index (Phi) is 8.16. The van der Waals surface area contributed by atoms with Gasteiger partial charge in [0.1, 0.15) is 17.4 Å². The molecule has 0 saturated carbocycles. The predicted molar refractivity (Wildman–Crippen MR) is 144 cm³/mol. The summed E-state index contributed by atoms with van der Waals surface area (Å²) in [6.07, 6.45) is -4.05. The molecule has 3 N–H and O–H groups in total. The molecule has 0 aromatic heterocycles. The van der Waals surface area contributed by atoms with Crippen LogP contribution < -0.4 is 4.90 Å². The topological polar surface area (TPSA) is 117 Å². The summed E-state index contributed by atoms with van der Waals surface area (Å²) in [5.74, 6) is -2.76. The normalized spacial score (nSPS) is 25.0. The van der Waals surface area contributed by atoms with E-state index in [0.717, 1.165) is 5.56 Å². The number of amides is 1. The lowest BCUT2D eigenvalue weighted by Gasteiger charge is -2.48. The molecule has 214 valence electrons. The highest BCUT2D eigenvalue weighted by Gasteiger charge is 2.49. The van der Waals surface area contributed by atoms with Gasteiger partial charge in [-0.1, -0.05) is 30.8 Å². The maximum Gasteiger partial charge on any atom is 0.333 e. The third kappa shape index (κ3) is 6.00. The minimum atomic E-state index is -1.30. The van der Waals surface area contributed by atoms with Crippen molar-refractivity contribution in [2.24, 2.45) is 5.92 Å². The van der Waals surface area contributed by atoms with Gasteiger partial charge in [-0.15, -0.1) is 0 Å². The Balaban J connectivity index is 1.40. The summed E-state index contributed by atoms with van der Waals surface area (Å²) in [7, 11) is 0. The molecule has 8 nitrogen and oxygen atoms in total. The van der Waals surface area contributed by atoms with Crippen LogP contribution >= 0.6 is 0 Å². The number of β-lactam (4-membered cyclic amide) rings is 1. The first-order valence-corrected chi connectivity index (χ1v) is 13.2. The second-order valence-corrected chi connectivity index (χ2v) is 10.2. The first-order chi connectivity index (χ1) is 19.6. The molecular formula is C31H29F2NO7. The van der Waals surface area contributed by atoms with E-state index in [2.05, 4.69) is 6.58 Å². The number of benzene rings is 3. The minimum absolute atomic E-state index is 0.0728. The fourth-order valence-corrected chi connectivity index (χ4v) is 5.33. The van der Waals surface area contributed by atoms with Crippen molar-refractivity contribution >= 4 is 17.6 Å². The Morgan fingerprint density at radius 1 is 1.02 bits per heavy atom. The largest absolute Gasteiger partial charge is 0.508 e. The highest BCUT2D eigenvalue weighted by atomic mass is 19.1. The van der Waals surface area contributed by atoms with E-state index >= 15 is 0 Å². The van der Waals surface area contributed by atoms with E-state index < -0.39 is 54.2 Å². The van der Waals surface area contributed by atoms with Gasteiger partial charge in [-0.25, -0.2) is 13.6 Å². The molecule has 1 amide bonds. The van der Waals surface area contributed by atoms with Gasteiger partial charge < -0.3 is 29.7 Å². The van der Waals surface area contributed by atoms with Gasteiger partial charge in [-0.05, 0) is 72.5 Å². The van der Waals surface area contributed by atoms with Crippen LogP contribution in [0.5, 0.6) is 5.75 Å². The average Bonchev–Trinajstić information content (AvgIpc) is 2.95. The molecule has 2 aliphatic rings. The first kappa shape index (κ1) is 28.4. The Morgan fingerprint density at radius 3 is 2.24 bits per heavy atom. The SMILES string of the molecule is C=C1C(O[C@@H](CCC2C(=O)N(c3ccc(F)cc3)C2c2ccc(O)cc2)c2ccc(F)cc2)O[C@H](C(=O)O)C[C@@H]1O. The first-order valence-electron chi connectivity index (χ1n) is 13.2. The van der Waals surface area contributed by atoms with E-state index in [1.54, 1.807) is 17.0 Å². The number of carboxylic acids is 1. The summed E-state index contributed by atoms with van der Waals surface area (Å²) in [5.41, 5.74) is 2.03. The lowest BCUT2D eigenvalue weighted by Crippen LogP contribution is -2.55. The number of aromatic hydroxyl groups is 1. The van der Waals surface area contributed by atoms with E-state index in [4.69, 9.17) is 9.47 Å². The molecule has 3 unspecified atom stereocenters. The average molecular weight is 566 g/mol. The molecule has 6 atom stereocenters. The number of anilines is 1. The number of phenols is 1. The van der Waals surface area contributed by atoms with Gasteiger partial charge in [0, 0.05) is 17.7 Å². The quantitative estimate of drug-likeness (QED) is 0.246. The standard InChI is InChI=1S/C31H29F2NO7/c1-17-25(36)16-27(30(38)39)41-31(17)40-26(18-2-6-20(32)7-3-18)15-14-24-28(19-4-12-23(35)13-5-19)34(29(24)37)22-10-8-21(33)9-11-22/h2-13,24-28,31,35-36H,1,14-16H2,(H,38,39)/t24?,25-,26-,27-,28?,31?/m0/s1. The molecule has 0 bridgehead atoms. The molecule has 2 fully saturated rings. The molecule has 0 radical (unpaired) electrons. The molecule has 0 aliphatic carbocycles. The Hall–Kier alpha value is -4.12. The number of aliphatic carboxylic acids is 1. The van der Waals surface area contributed by atoms with Crippen molar-refractivity contribution in [1.82, 2.24) is 0 Å². The lowest BCUT2D eigenvalue weighted by atomic mass is 9.78. The fraction of sp³-hybridized carbons (Fsp3) is 0.290. The number of aliphatic hydroxyl groups is 1. The van der Waals surface area contributed by atoms with Gasteiger partial charge in [0.25, 0.3) is 0 Å². The minimum Gasteiger partial charge on any atom is -0.508 e. The van der Waals surface area contributed by atoms with Crippen LogP contribution in [0.15, 0.2) is 84.9 Å². The number of carbonyl (C=O) groups is 2. The number of hydrogen-bond donors (Lipinski definition) is 3. The zero-order valence-corrected chi connectivity index (χ0v) is 21.9. The van der Waals surface area contributed by atoms with Crippen LogP contribution in [-0.2, 0) is 19.1 Å². The van der Waals surface area contributed by atoms with E-state index in [0.29, 0.717) is 17.7 Å². The fourth-order valence-electron chi connectivity index (χ4n) is 5.33. The molecule has 41 heavy (non-hydrogen) atoms. The van der Waals surface area contributed by atoms with E-state index in [1.807, 2.05) is 0 Å². The van der Waals surface area contributed by atoms with Crippen LogP contribution in [0, 0.1) is 17.6 Å². The van der Waals surface area contributed by atoms with Gasteiger partial charge in [0.15, 0.2) is 12.4 Å². The van der Waals surface area contributed by atoms with Crippen LogP contribution in [0.25, 0.3) is 0 Å². The third-order valence-electron chi connectivity index (χ3n) is 7.55. The second kappa shape index (κ2) is 11.8. The number of phenolic OH excluding ortho intramolecular Hbond substituents is 1. The highest BCUT2D eigenvalue weighted by molar-refractivity contribution is 6.03. The number of carbonyl (C=O) groups excluding carboxylic acids is 1. The van der Waals surface area contributed by atoms with Crippen LogP contribution in [0.3, 0.4) is 0 Å². The summed E-state index contributed by atoms with van der Waals surface area (Å²) in [6, 6.07) is 17.3. The summed E-state index contributed by atoms with van der Waals surface area (Å²) < 4.78 is 39.0. The maximum absolute atomic E-state index is 13.7. The zero-order chi connectivity index (χ0) is 29.3. The number of nitrogens with zero attached hydrogens (tertiary/aromatic N) is 1. The van der Waals surface area contributed by atoms with E-state index in [-0.39, 0.29) is 30.1 Å². The molecule has 0 spiro atoms. The number of rotatable bonds is 9. The van der Waals surface area contributed by atoms with E-state index in [9.17, 15) is 33.7 Å². The summed E-state index contributed by atoms with van der Waals surface area (Å²) in [4.78, 5) is 26.6. The summed E-state index contributed by atoms with van der Waals surface area (Å²) in [5, 5.41) is 29.6. The van der Waals surface area contributed by atoms with Crippen LogP contribution in [0.4, 0.5) is 14.5 Å². The van der Waals surface area contributed by atoms with Crippen LogP contribution in [-0.4, -0.2) is 45.7 Å². The third-order valence-corrected chi connectivity index (χ3v) is 7.55. The van der Waals surface area contributed by atoms with Gasteiger partial charge in [-0.2, -0.15) is 0 Å². The Labute approximate surface area is 235 Å². The molecule has 3 aromatic rings. The van der Waals surface area contributed by atoms with Crippen molar-refractivity contribution in [2.75, 3.05) is 4.90 Å². The van der Waals surface area contributed by atoms with Gasteiger partial charge in [0.05, 0.1) is 24.2 Å². The molecule has 2 heterocycles. The monoisotopic (exact) mass is 565 g/mol. The number of ether oxygens (including phenoxy) is 2. The Bertz CT molecular complexity index is 1410. The van der Waals surface area contributed by atoms with Crippen molar-refractivity contribution in [3.63, 3.8) is 0 Å². The summed E-state index contributed by atoms with van der Waals surface area (Å²) in [6.45, 7) is 3.81. The van der Waals surface area contributed by atoms with Crippen molar-refractivity contribution in [3.8, 4) is 5.75 Å². The zero-order valence-electron chi connectivity index (χ0n) is 21.9. The van der Waals surface area contributed by atoms with Gasteiger partial charge >= 0.3 is 5.97 Å². The molecule has 10 heteroatoms. The highest BCUT2D eigenvalue weighted by Crippen LogP contribution is 2.47. The van der Waals surface area contributed by atoms with Crippen LogP contribution in [0.1, 0.15) is 42.5 Å².